The van der Waals surface area contributed by atoms with E-state index in [1.807, 2.05) is 36.2 Å². The monoisotopic (exact) mass is 285 g/mol. The summed E-state index contributed by atoms with van der Waals surface area (Å²) in [6, 6.07) is 6.05. The van der Waals surface area contributed by atoms with Crippen molar-refractivity contribution in [3.05, 3.63) is 35.9 Å². The van der Waals surface area contributed by atoms with Crippen LogP contribution >= 0.6 is 0 Å². The van der Waals surface area contributed by atoms with Crippen molar-refractivity contribution in [2.45, 2.75) is 31.7 Å². The molecule has 0 aromatic carbocycles. The predicted octanol–water partition coefficient (Wildman–Crippen LogP) is 2.07. The van der Waals surface area contributed by atoms with Crippen molar-refractivity contribution in [2.75, 3.05) is 19.8 Å². The molecule has 1 saturated carbocycles. The topological polar surface area (TPSA) is 46.8 Å². The van der Waals surface area contributed by atoms with Gasteiger partial charge in [0.25, 0.3) is 5.91 Å². The predicted molar refractivity (Wildman–Crippen MR) is 78.5 cm³/mol. The smallest absolute Gasteiger partial charge is 0.275 e. The Bertz CT molecular complexity index is 690. The average molecular weight is 285 g/mol. The lowest BCUT2D eigenvalue weighted by atomic mass is 10.2. The van der Waals surface area contributed by atoms with Crippen molar-refractivity contribution in [3.63, 3.8) is 0 Å². The minimum Gasteiger partial charge on any atom is -0.377 e. The van der Waals surface area contributed by atoms with E-state index in [0.717, 1.165) is 11.3 Å². The van der Waals surface area contributed by atoms with E-state index < -0.39 is 0 Å². The highest BCUT2D eigenvalue weighted by atomic mass is 16.5. The summed E-state index contributed by atoms with van der Waals surface area (Å²) in [6.07, 6.45) is 4.36. The molecule has 0 bridgehead atoms. The molecule has 1 aliphatic carbocycles. The Morgan fingerprint density at radius 3 is 3.00 bits per heavy atom. The van der Waals surface area contributed by atoms with Gasteiger partial charge >= 0.3 is 0 Å². The van der Waals surface area contributed by atoms with E-state index in [9.17, 15) is 4.79 Å². The van der Waals surface area contributed by atoms with E-state index in [0.29, 0.717) is 31.4 Å². The Morgan fingerprint density at radius 1 is 1.38 bits per heavy atom. The Kier molecular flexibility index (Phi) is 2.96. The van der Waals surface area contributed by atoms with Crippen LogP contribution in [0.5, 0.6) is 0 Å². The highest BCUT2D eigenvalue weighted by molar-refractivity contribution is 5.99. The van der Waals surface area contributed by atoms with Gasteiger partial charge in [0.15, 0.2) is 5.69 Å². The van der Waals surface area contributed by atoms with Crippen LogP contribution in [0.4, 0.5) is 0 Å². The van der Waals surface area contributed by atoms with Gasteiger partial charge in [0.05, 0.1) is 24.8 Å². The third-order valence-electron chi connectivity index (χ3n) is 4.35. The van der Waals surface area contributed by atoms with Gasteiger partial charge in [-0.15, -0.1) is 0 Å². The molecule has 1 unspecified atom stereocenters. The fourth-order valence-electron chi connectivity index (χ4n) is 3.01. The number of imidazole rings is 1. The number of carbonyl (C=O) groups excluding carboxylic acids is 1. The molecular weight excluding hydrogens is 266 g/mol. The number of hydrogen-bond donors (Lipinski definition) is 0. The summed E-state index contributed by atoms with van der Waals surface area (Å²) in [6.45, 7) is 3.88. The van der Waals surface area contributed by atoms with E-state index in [1.165, 1.54) is 12.8 Å². The van der Waals surface area contributed by atoms with E-state index in [4.69, 9.17) is 9.72 Å². The van der Waals surface area contributed by atoms with Crippen LogP contribution in [0.3, 0.4) is 0 Å². The first-order valence-electron chi connectivity index (χ1n) is 7.61. The van der Waals surface area contributed by atoms with Crippen LogP contribution in [0.2, 0.25) is 0 Å². The van der Waals surface area contributed by atoms with Crippen molar-refractivity contribution >= 4 is 11.4 Å². The summed E-state index contributed by atoms with van der Waals surface area (Å²) < 4.78 is 7.50. The normalized spacial score (nSPS) is 22.7. The fraction of sp³-hybridized carbons (Fsp3) is 0.500. The van der Waals surface area contributed by atoms with Gasteiger partial charge in [-0.2, -0.15) is 0 Å². The summed E-state index contributed by atoms with van der Waals surface area (Å²) in [5, 5.41) is 0. The highest BCUT2D eigenvalue weighted by Gasteiger charge is 2.33. The SMILES string of the molecule is CC1COCCN1C(=O)c1nc(C2CC2)n2ccccc12. The standard InChI is InChI=1S/C16H19N3O2/c1-11-10-21-9-8-18(11)16(20)14-13-4-2-3-7-19(13)15(17-14)12-5-6-12/h2-4,7,11-12H,5-6,8-10H2,1H3. The molecule has 1 amide bonds. The molecule has 21 heavy (non-hydrogen) atoms. The Balaban J connectivity index is 1.77. The number of morpholine rings is 1. The number of ether oxygens (including phenoxy) is 1. The quantitative estimate of drug-likeness (QED) is 0.848. The zero-order valence-electron chi connectivity index (χ0n) is 12.2. The van der Waals surface area contributed by atoms with Crippen molar-refractivity contribution in [1.29, 1.82) is 0 Å². The van der Waals surface area contributed by atoms with Crippen LogP contribution < -0.4 is 0 Å². The van der Waals surface area contributed by atoms with E-state index in [2.05, 4.69) is 4.40 Å². The second-order valence-electron chi connectivity index (χ2n) is 5.97. The van der Waals surface area contributed by atoms with E-state index in [-0.39, 0.29) is 11.9 Å². The zero-order valence-corrected chi connectivity index (χ0v) is 12.2. The van der Waals surface area contributed by atoms with Gasteiger partial charge < -0.3 is 14.0 Å². The third kappa shape index (κ3) is 2.12. The number of pyridine rings is 1. The van der Waals surface area contributed by atoms with Crippen molar-refractivity contribution in [2.24, 2.45) is 0 Å². The van der Waals surface area contributed by atoms with Crippen LogP contribution in [-0.4, -0.2) is 46.0 Å². The lowest BCUT2D eigenvalue weighted by Gasteiger charge is -2.32. The first-order chi connectivity index (χ1) is 10.3. The maximum absolute atomic E-state index is 12.9. The van der Waals surface area contributed by atoms with Crippen LogP contribution in [0.15, 0.2) is 24.4 Å². The summed E-state index contributed by atoms with van der Waals surface area (Å²) in [5.41, 5.74) is 1.51. The minimum atomic E-state index is 0.0291. The number of nitrogens with zero attached hydrogens (tertiary/aromatic N) is 3. The maximum Gasteiger partial charge on any atom is 0.275 e. The fourth-order valence-corrected chi connectivity index (χ4v) is 3.01. The molecule has 3 heterocycles. The molecule has 2 fully saturated rings. The van der Waals surface area contributed by atoms with Crippen LogP contribution in [0.25, 0.3) is 5.52 Å². The van der Waals surface area contributed by atoms with Gasteiger partial charge in [0.2, 0.25) is 0 Å². The summed E-state index contributed by atoms with van der Waals surface area (Å²) in [4.78, 5) is 19.5. The molecule has 0 radical (unpaired) electrons. The molecule has 5 heteroatoms. The first kappa shape index (κ1) is 12.8. The minimum absolute atomic E-state index is 0.0291. The highest BCUT2D eigenvalue weighted by Crippen LogP contribution is 2.40. The maximum atomic E-state index is 12.9. The lowest BCUT2D eigenvalue weighted by molar-refractivity contribution is 0.00340. The summed E-state index contributed by atoms with van der Waals surface area (Å²) in [5.74, 6) is 1.58. The van der Waals surface area contributed by atoms with Crippen LogP contribution in [0.1, 0.15) is 42.0 Å². The van der Waals surface area contributed by atoms with Gasteiger partial charge in [-0.1, -0.05) is 6.07 Å². The second kappa shape index (κ2) is 4.84. The van der Waals surface area contributed by atoms with Crippen molar-refractivity contribution in [1.82, 2.24) is 14.3 Å². The molecule has 1 atom stereocenters. The molecule has 4 rings (SSSR count). The number of amides is 1. The first-order valence-corrected chi connectivity index (χ1v) is 7.61. The van der Waals surface area contributed by atoms with Crippen molar-refractivity contribution < 1.29 is 9.53 Å². The molecule has 2 aliphatic rings. The Labute approximate surface area is 123 Å². The third-order valence-corrected chi connectivity index (χ3v) is 4.35. The van der Waals surface area contributed by atoms with Crippen molar-refractivity contribution in [3.8, 4) is 0 Å². The molecule has 0 N–H and O–H groups in total. The second-order valence-corrected chi connectivity index (χ2v) is 5.97. The van der Waals surface area contributed by atoms with Gasteiger partial charge in [0, 0.05) is 18.7 Å². The van der Waals surface area contributed by atoms with Gasteiger partial charge in [-0.25, -0.2) is 4.98 Å². The molecular formula is C16H19N3O2. The van der Waals surface area contributed by atoms with E-state index >= 15 is 0 Å². The summed E-state index contributed by atoms with van der Waals surface area (Å²) >= 11 is 0. The van der Waals surface area contributed by atoms with Gasteiger partial charge in [-0.05, 0) is 31.9 Å². The van der Waals surface area contributed by atoms with Crippen LogP contribution in [0, 0.1) is 0 Å². The molecule has 110 valence electrons. The Hall–Kier alpha value is -1.88. The number of rotatable bonds is 2. The van der Waals surface area contributed by atoms with E-state index in [1.54, 1.807) is 0 Å². The largest absolute Gasteiger partial charge is 0.377 e. The molecule has 0 spiro atoms. The molecule has 5 nitrogen and oxygen atoms in total. The lowest BCUT2D eigenvalue weighted by Crippen LogP contribution is -2.47. The van der Waals surface area contributed by atoms with Gasteiger partial charge in [-0.3, -0.25) is 4.79 Å². The molecule has 2 aromatic heterocycles. The number of aromatic nitrogens is 2. The number of carbonyl (C=O) groups is 1. The summed E-state index contributed by atoms with van der Waals surface area (Å²) in [7, 11) is 0. The average Bonchev–Trinajstić information content (AvgIpc) is 3.28. The number of hydrogen-bond acceptors (Lipinski definition) is 3. The molecule has 2 aromatic rings. The number of fused-ring (bicyclic) bond motifs is 1. The zero-order chi connectivity index (χ0) is 14.4. The molecule has 1 aliphatic heterocycles. The van der Waals surface area contributed by atoms with Crippen LogP contribution in [-0.2, 0) is 4.74 Å². The Morgan fingerprint density at radius 2 is 2.24 bits per heavy atom. The van der Waals surface area contributed by atoms with Gasteiger partial charge in [0.1, 0.15) is 5.82 Å². The molecule has 1 saturated heterocycles.